The van der Waals surface area contributed by atoms with Crippen LogP contribution in [0.4, 0.5) is 0 Å². The van der Waals surface area contributed by atoms with Gasteiger partial charge in [0.2, 0.25) is 0 Å². The van der Waals surface area contributed by atoms with Gasteiger partial charge in [0.05, 0.1) is 24.0 Å². The third kappa shape index (κ3) is 1.91. The molecule has 1 unspecified atom stereocenters. The van der Waals surface area contributed by atoms with Crippen molar-refractivity contribution in [3.05, 3.63) is 11.9 Å². The maximum absolute atomic E-state index is 9.14. The Morgan fingerprint density at radius 2 is 2.11 bits per heavy atom. The molecular weight excluding hydrogens is 226 g/mol. The van der Waals surface area contributed by atoms with E-state index in [1.54, 1.807) is 4.68 Å². The third-order valence-corrected chi connectivity index (χ3v) is 4.38. The van der Waals surface area contributed by atoms with Gasteiger partial charge in [-0.25, -0.2) is 4.68 Å². The van der Waals surface area contributed by atoms with Gasteiger partial charge < -0.3 is 5.73 Å². The average Bonchev–Trinajstić information content (AvgIpc) is 3.08. The summed E-state index contributed by atoms with van der Waals surface area (Å²) in [7, 11) is 0. The minimum Gasteiger partial charge on any atom is -0.322 e. The molecule has 0 bridgehead atoms. The van der Waals surface area contributed by atoms with Gasteiger partial charge in [0.25, 0.3) is 0 Å². The molecule has 2 N–H and O–H groups in total. The van der Waals surface area contributed by atoms with Gasteiger partial charge in [-0.3, -0.25) is 0 Å². The lowest BCUT2D eigenvalue weighted by atomic mass is 9.83. The fourth-order valence-electron chi connectivity index (χ4n) is 2.88. The standard InChI is InChI=1S/C13H19N5/c14-9-13(6-7-13)18-8-11(16-17-18)12(15)10-4-2-1-3-5-10/h8,10,12H,1-7,15H2. The first-order valence-corrected chi connectivity index (χ1v) is 6.85. The van der Waals surface area contributed by atoms with E-state index in [1.807, 2.05) is 6.20 Å². The van der Waals surface area contributed by atoms with Crippen LogP contribution in [0.1, 0.15) is 56.7 Å². The van der Waals surface area contributed by atoms with Gasteiger partial charge in [-0.1, -0.05) is 24.5 Å². The van der Waals surface area contributed by atoms with Crippen molar-refractivity contribution in [2.24, 2.45) is 11.7 Å². The minimum atomic E-state index is -0.419. The molecule has 2 aliphatic carbocycles. The molecule has 5 nitrogen and oxygen atoms in total. The number of hydrogen-bond donors (Lipinski definition) is 1. The van der Waals surface area contributed by atoms with Crippen LogP contribution in [-0.2, 0) is 5.54 Å². The Labute approximate surface area is 107 Å². The number of nitrogens with two attached hydrogens (primary N) is 1. The van der Waals surface area contributed by atoms with Crippen molar-refractivity contribution in [3.8, 4) is 6.07 Å². The van der Waals surface area contributed by atoms with Gasteiger partial charge in [-0.05, 0) is 31.6 Å². The van der Waals surface area contributed by atoms with E-state index in [4.69, 9.17) is 11.0 Å². The number of rotatable bonds is 3. The number of nitriles is 1. The molecule has 2 saturated carbocycles. The maximum Gasteiger partial charge on any atom is 0.150 e. The molecule has 1 aromatic rings. The second-order valence-electron chi connectivity index (χ2n) is 5.66. The summed E-state index contributed by atoms with van der Waals surface area (Å²) >= 11 is 0. The smallest absolute Gasteiger partial charge is 0.150 e. The molecule has 1 atom stereocenters. The van der Waals surface area contributed by atoms with Crippen LogP contribution in [0.3, 0.4) is 0 Å². The predicted molar refractivity (Wildman–Crippen MR) is 66.3 cm³/mol. The SMILES string of the molecule is N#CC1(n2cc(C(N)C3CCCCC3)nn2)CC1. The zero-order valence-electron chi connectivity index (χ0n) is 10.5. The van der Waals surface area contributed by atoms with Gasteiger partial charge in [0, 0.05) is 0 Å². The van der Waals surface area contributed by atoms with Crippen molar-refractivity contribution in [1.29, 1.82) is 5.26 Å². The van der Waals surface area contributed by atoms with Crippen molar-refractivity contribution < 1.29 is 0 Å². The Hall–Kier alpha value is -1.41. The van der Waals surface area contributed by atoms with E-state index < -0.39 is 5.54 Å². The van der Waals surface area contributed by atoms with Crippen LogP contribution >= 0.6 is 0 Å². The largest absolute Gasteiger partial charge is 0.322 e. The fraction of sp³-hybridized carbons (Fsp3) is 0.769. The van der Waals surface area contributed by atoms with E-state index >= 15 is 0 Å². The molecule has 18 heavy (non-hydrogen) atoms. The zero-order chi connectivity index (χ0) is 12.6. The van der Waals surface area contributed by atoms with Crippen molar-refractivity contribution >= 4 is 0 Å². The first kappa shape index (κ1) is 11.7. The van der Waals surface area contributed by atoms with Crippen LogP contribution in [-0.4, -0.2) is 15.0 Å². The van der Waals surface area contributed by atoms with Crippen molar-refractivity contribution in [3.63, 3.8) is 0 Å². The molecule has 0 saturated heterocycles. The summed E-state index contributed by atoms with van der Waals surface area (Å²) in [6.07, 6.45) is 9.90. The highest BCUT2D eigenvalue weighted by Gasteiger charge is 2.46. The van der Waals surface area contributed by atoms with E-state index in [0.717, 1.165) is 18.5 Å². The fourth-order valence-corrected chi connectivity index (χ4v) is 2.88. The second kappa shape index (κ2) is 4.36. The summed E-state index contributed by atoms with van der Waals surface area (Å²) in [5.74, 6) is 0.529. The van der Waals surface area contributed by atoms with E-state index in [-0.39, 0.29) is 6.04 Å². The van der Waals surface area contributed by atoms with Crippen molar-refractivity contribution in [2.75, 3.05) is 0 Å². The summed E-state index contributed by atoms with van der Waals surface area (Å²) in [4.78, 5) is 0. The Morgan fingerprint density at radius 1 is 1.39 bits per heavy atom. The highest BCUT2D eigenvalue weighted by atomic mass is 15.5. The van der Waals surface area contributed by atoms with Crippen molar-refractivity contribution in [2.45, 2.75) is 56.5 Å². The molecule has 3 rings (SSSR count). The monoisotopic (exact) mass is 245 g/mol. The van der Waals surface area contributed by atoms with Gasteiger partial charge >= 0.3 is 0 Å². The van der Waals surface area contributed by atoms with Crippen LogP contribution in [0, 0.1) is 17.2 Å². The highest BCUT2D eigenvalue weighted by molar-refractivity contribution is 5.17. The van der Waals surface area contributed by atoms with Crippen LogP contribution in [0.15, 0.2) is 6.20 Å². The van der Waals surface area contributed by atoms with Crippen LogP contribution in [0.25, 0.3) is 0 Å². The number of aromatic nitrogens is 3. The zero-order valence-corrected chi connectivity index (χ0v) is 10.5. The molecule has 2 fully saturated rings. The highest BCUT2D eigenvalue weighted by Crippen LogP contribution is 2.42. The van der Waals surface area contributed by atoms with E-state index in [1.165, 1.54) is 32.1 Å². The first-order valence-electron chi connectivity index (χ1n) is 6.85. The summed E-state index contributed by atoms with van der Waals surface area (Å²) in [6.45, 7) is 0. The van der Waals surface area contributed by atoms with Crippen LogP contribution in [0.2, 0.25) is 0 Å². The lowest BCUT2D eigenvalue weighted by molar-refractivity contribution is 0.304. The molecule has 0 amide bonds. The van der Waals surface area contributed by atoms with Crippen molar-refractivity contribution in [1.82, 2.24) is 15.0 Å². The summed E-state index contributed by atoms with van der Waals surface area (Å²) in [6, 6.07) is 2.30. The number of hydrogen-bond acceptors (Lipinski definition) is 4. The third-order valence-electron chi connectivity index (χ3n) is 4.38. The molecule has 1 aromatic heterocycles. The lowest BCUT2D eigenvalue weighted by Crippen LogP contribution is -2.24. The molecule has 0 aromatic carbocycles. The van der Waals surface area contributed by atoms with Gasteiger partial charge in [0.1, 0.15) is 0 Å². The Morgan fingerprint density at radius 3 is 2.72 bits per heavy atom. The number of nitrogens with zero attached hydrogens (tertiary/aromatic N) is 4. The van der Waals surface area contributed by atoms with Crippen LogP contribution < -0.4 is 5.73 Å². The summed E-state index contributed by atoms with van der Waals surface area (Å²) < 4.78 is 1.71. The molecule has 1 heterocycles. The Balaban J connectivity index is 1.75. The first-order chi connectivity index (χ1) is 8.75. The molecule has 0 spiro atoms. The molecule has 96 valence electrons. The molecule has 0 aliphatic heterocycles. The van der Waals surface area contributed by atoms with E-state index in [0.29, 0.717) is 5.92 Å². The Kier molecular flexibility index (Phi) is 2.83. The Bertz CT molecular complexity index is 462. The lowest BCUT2D eigenvalue weighted by Gasteiger charge is -2.25. The molecule has 5 heteroatoms. The predicted octanol–water partition coefficient (Wildman–Crippen LogP) is 1.87. The summed E-state index contributed by atoms with van der Waals surface area (Å²) in [5.41, 5.74) is 6.72. The second-order valence-corrected chi connectivity index (χ2v) is 5.66. The topological polar surface area (TPSA) is 80.5 Å². The van der Waals surface area contributed by atoms with Gasteiger partial charge in [-0.15, -0.1) is 5.10 Å². The maximum atomic E-state index is 9.14. The van der Waals surface area contributed by atoms with Gasteiger partial charge in [0.15, 0.2) is 5.54 Å². The molecular formula is C13H19N5. The summed E-state index contributed by atoms with van der Waals surface area (Å²) in [5, 5.41) is 17.4. The van der Waals surface area contributed by atoms with E-state index in [9.17, 15) is 0 Å². The van der Waals surface area contributed by atoms with E-state index in [2.05, 4.69) is 16.4 Å². The molecule has 0 radical (unpaired) electrons. The quantitative estimate of drug-likeness (QED) is 0.881. The minimum absolute atomic E-state index is 0.0199. The normalized spacial score (nSPS) is 24.4. The van der Waals surface area contributed by atoms with Crippen LogP contribution in [0.5, 0.6) is 0 Å². The van der Waals surface area contributed by atoms with Gasteiger partial charge in [-0.2, -0.15) is 5.26 Å². The average molecular weight is 245 g/mol. The molecule has 2 aliphatic rings.